The highest BCUT2D eigenvalue weighted by Gasteiger charge is 2.28. The zero-order valence-corrected chi connectivity index (χ0v) is 7.99. The maximum absolute atomic E-state index is 11.6. The zero-order chi connectivity index (χ0) is 10.1. The quantitative estimate of drug-likeness (QED) is 0.706. The molecule has 2 rings (SSSR count). The van der Waals surface area contributed by atoms with Crippen LogP contribution in [0.4, 0.5) is 0 Å². The first kappa shape index (κ1) is 9.21. The van der Waals surface area contributed by atoms with Gasteiger partial charge in [0.05, 0.1) is 6.20 Å². The van der Waals surface area contributed by atoms with Crippen LogP contribution in [-0.4, -0.2) is 23.1 Å². The molecule has 1 amide bonds. The van der Waals surface area contributed by atoms with Gasteiger partial charge in [-0.25, -0.2) is 0 Å². The molecule has 0 radical (unpaired) electrons. The summed E-state index contributed by atoms with van der Waals surface area (Å²) in [6, 6.07) is 0.454. The van der Waals surface area contributed by atoms with Crippen molar-refractivity contribution in [2.75, 3.05) is 0 Å². The number of nitrogens with two attached hydrogens (primary N) is 1. The first-order chi connectivity index (χ1) is 6.66. The largest absolute Gasteiger partial charge is 0.361 e. The number of amides is 1. The van der Waals surface area contributed by atoms with Crippen LogP contribution in [0.2, 0.25) is 0 Å². The van der Waals surface area contributed by atoms with E-state index >= 15 is 0 Å². The maximum Gasteiger partial charge on any atom is 0.256 e. The van der Waals surface area contributed by atoms with Crippen LogP contribution in [0.1, 0.15) is 29.0 Å². The van der Waals surface area contributed by atoms with Gasteiger partial charge >= 0.3 is 0 Å². The topological polar surface area (TPSA) is 81.2 Å². The van der Waals surface area contributed by atoms with Crippen LogP contribution in [0.5, 0.6) is 0 Å². The number of hydrogen-bond acceptors (Lipinski definition) is 4. The second-order valence-electron chi connectivity index (χ2n) is 3.70. The van der Waals surface area contributed by atoms with E-state index in [4.69, 9.17) is 10.3 Å². The Hall–Kier alpha value is -1.36. The molecular weight excluding hydrogens is 182 g/mol. The summed E-state index contributed by atoms with van der Waals surface area (Å²) in [5.41, 5.74) is 6.12. The molecule has 0 aliphatic heterocycles. The molecule has 0 saturated heterocycles. The molecule has 1 aromatic rings. The Balaban J connectivity index is 1.93. The minimum absolute atomic E-state index is 0.124. The fourth-order valence-electron chi connectivity index (χ4n) is 1.56. The summed E-state index contributed by atoms with van der Waals surface area (Å²) in [5, 5.41) is 6.42. The molecule has 5 nitrogen and oxygen atoms in total. The Labute approximate surface area is 81.6 Å². The van der Waals surface area contributed by atoms with Gasteiger partial charge in [-0.05, 0) is 19.8 Å². The lowest BCUT2D eigenvalue weighted by Gasteiger charge is -2.32. The summed E-state index contributed by atoms with van der Waals surface area (Å²) >= 11 is 0. The smallest absolute Gasteiger partial charge is 0.256 e. The summed E-state index contributed by atoms with van der Waals surface area (Å²) in [5.74, 6) is 0.423. The highest BCUT2D eigenvalue weighted by atomic mass is 16.5. The van der Waals surface area contributed by atoms with Crippen LogP contribution in [-0.2, 0) is 0 Å². The standard InChI is InChI=1S/C9H13N3O2/c1-5-8(4-11-14-5)9(13)12-7-2-6(10)3-7/h4,6-7H,2-3,10H2,1H3,(H,12,13). The minimum Gasteiger partial charge on any atom is -0.361 e. The molecule has 1 fully saturated rings. The third-order valence-corrected chi connectivity index (χ3v) is 2.51. The van der Waals surface area contributed by atoms with Gasteiger partial charge in [0.15, 0.2) is 0 Å². The lowest BCUT2D eigenvalue weighted by molar-refractivity contribution is 0.0908. The summed E-state index contributed by atoms with van der Waals surface area (Å²) in [6.45, 7) is 1.72. The fraction of sp³-hybridized carbons (Fsp3) is 0.556. The number of carbonyl (C=O) groups excluding carboxylic acids is 1. The lowest BCUT2D eigenvalue weighted by atomic mass is 9.87. The zero-order valence-electron chi connectivity index (χ0n) is 7.99. The number of nitrogens with zero attached hydrogens (tertiary/aromatic N) is 1. The highest BCUT2D eigenvalue weighted by Crippen LogP contribution is 2.18. The van der Waals surface area contributed by atoms with Crippen LogP contribution in [0.3, 0.4) is 0 Å². The summed E-state index contributed by atoms with van der Waals surface area (Å²) in [6.07, 6.45) is 3.15. The third-order valence-electron chi connectivity index (χ3n) is 2.51. The molecule has 5 heteroatoms. The Morgan fingerprint density at radius 2 is 2.43 bits per heavy atom. The molecule has 1 aliphatic carbocycles. The molecule has 3 N–H and O–H groups in total. The van der Waals surface area contributed by atoms with Crippen LogP contribution in [0.15, 0.2) is 10.7 Å². The predicted octanol–water partition coefficient (Wildman–Crippen LogP) is 0.203. The van der Waals surface area contributed by atoms with Crippen molar-refractivity contribution in [3.05, 3.63) is 17.5 Å². The molecule has 0 spiro atoms. The molecule has 0 aromatic carbocycles. The number of aromatic nitrogens is 1. The van der Waals surface area contributed by atoms with Crippen molar-refractivity contribution in [1.29, 1.82) is 0 Å². The first-order valence-corrected chi connectivity index (χ1v) is 4.64. The van der Waals surface area contributed by atoms with Crippen molar-refractivity contribution in [3.63, 3.8) is 0 Å². The molecule has 14 heavy (non-hydrogen) atoms. The van der Waals surface area contributed by atoms with Crippen molar-refractivity contribution in [3.8, 4) is 0 Å². The van der Waals surface area contributed by atoms with Crippen LogP contribution in [0.25, 0.3) is 0 Å². The summed E-state index contributed by atoms with van der Waals surface area (Å²) < 4.78 is 4.80. The average molecular weight is 195 g/mol. The minimum atomic E-state index is -0.124. The van der Waals surface area contributed by atoms with Crippen LogP contribution < -0.4 is 11.1 Å². The molecule has 1 heterocycles. The summed E-state index contributed by atoms with van der Waals surface area (Å²) in [4.78, 5) is 11.6. The van der Waals surface area contributed by atoms with E-state index < -0.39 is 0 Å². The van der Waals surface area contributed by atoms with E-state index in [0.29, 0.717) is 11.3 Å². The van der Waals surface area contributed by atoms with Gasteiger partial charge < -0.3 is 15.6 Å². The van der Waals surface area contributed by atoms with E-state index in [-0.39, 0.29) is 18.0 Å². The van der Waals surface area contributed by atoms with Crippen molar-refractivity contribution < 1.29 is 9.32 Å². The normalized spacial score (nSPS) is 25.6. The number of nitrogens with one attached hydrogen (secondary N) is 1. The second kappa shape index (κ2) is 3.42. The van der Waals surface area contributed by atoms with Gasteiger partial charge in [0.25, 0.3) is 5.91 Å². The van der Waals surface area contributed by atoms with E-state index in [2.05, 4.69) is 10.5 Å². The molecule has 1 aliphatic rings. The Bertz CT molecular complexity index is 342. The SMILES string of the molecule is Cc1oncc1C(=O)NC1CC(N)C1. The number of carbonyl (C=O) groups is 1. The molecule has 0 atom stereocenters. The number of aryl methyl sites for hydroxylation is 1. The van der Waals surface area contributed by atoms with E-state index in [1.54, 1.807) is 6.92 Å². The monoisotopic (exact) mass is 195 g/mol. The van der Waals surface area contributed by atoms with E-state index in [9.17, 15) is 4.79 Å². The van der Waals surface area contributed by atoms with Crippen molar-refractivity contribution in [2.45, 2.75) is 31.8 Å². The Kier molecular flexibility index (Phi) is 2.25. The van der Waals surface area contributed by atoms with Crippen molar-refractivity contribution in [1.82, 2.24) is 10.5 Å². The first-order valence-electron chi connectivity index (χ1n) is 4.64. The Morgan fingerprint density at radius 3 is 2.93 bits per heavy atom. The van der Waals surface area contributed by atoms with Crippen molar-refractivity contribution in [2.24, 2.45) is 5.73 Å². The summed E-state index contributed by atoms with van der Waals surface area (Å²) in [7, 11) is 0. The fourth-order valence-corrected chi connectivity index (χ4v) is 1.56. The molecule has 1 aromatic heterocycles. The third kappa shape index (κ3) is 1.63. The number of hydrogen-bond donors (Lipinski definition) is 2. The van der Waals surface area contributed by atoms with Crippen LogP contribution in [0, 0.1) is 6.92 Å². The molecule has 1 saturated carbocycles. The Morgan fingerprint density at radius 1 is 1.71 bits per heavy atom. The molecule has 0 bridgehead atoms. The van der Waals surface area contributed by atoms with Gasteiger partial charge in [-0.3, -0.25) is 4.79 Å². The van der Waals surface area contributed by atoms with E-state index in [1.807, 2.05) is 0 Å². The highest BCUT2D eigenvalue weighted by molar-refractivity contribution is 5.94. The lowest BCUT2D eigenvalue weighted by Crippen LogP contribution is -2.50. The average Bonchev–Trinajstić information content (AvgIpc) is 2.48. The maximum atomic E-state index is 11.6. The molecule has 0 unspecified atom stereocenters. The van der Waals surface area contributed by atoms with Gasteiger partial charge in [-0.15, -0.1) is 0 Å². The van der Waals surface area contributed by atoms with E-state index in [1.165, 1.54) is 6.20 Å². The van der Waals surface area contributed by atoms with Gasteiger partial charge in [0, 0.05) is 12.1 Å². The van der Waals surface area contributed by atoms with E-state index in [0.717, 1.165) is 12.8 Å². The van der Waals surface area contributed by atoms with Gasteiger partial charge in [0.2, 0.25) is 0 Å². The second-order valence-corrected chi connectivity index (χ2v) is 3.70. The van der Waals surface area contributed by atoms with Gasteiger partial charge in [0.1, 0.15) is 11.3 Å². The van der Waals surface area contributed by atoms with Gasteiger partial charge in [-0.1, -0.05) is 5.16 Å². The number of rotatable bonds is 2. The van der Waals surface area contributed by atoms with Gasteiger partial charge in [-0.2, -0.15) is 0 Å². The molecular formula is C9H13N3O2. The predicted molar refractivity (Wildman–Crippen MR) is 49.7 cm³/mol. The van der Waals surface area contributed by atoms with Crippen LogP contribution >= 0.6 is 0 Å². The molecule has 76 valence electrons. The van der Waals surface area contributed by atoms with Crippen molar-refractivity contribution >= 4 is 5.91 Å².